The normalized spacial score (nSPS) is 16.9. The van der Waals surface area contributed by atoms with E-state index in [9.17, 15) is 13.6 Å². The predicted octanol–water partition coefficient (Wildman–Crippen LogP) is 2.82. The van der Waals surface area contributed by atoms with Crippen LogP contribution in [0.1, 0.15) is 22.3 Å². The molecule has 0 aromatic heterocycles. The molecule has 0 aliphatic carbocycles. The van der Waals surface area contributed by atoms with Gasteiger partial charge in [0.25, 0.3) is 5.91 Å². The fraction of sp³-hybridized carbons (Fsp3) is 0.533. The first-order valence-corrected chi connectivity index (χ1v) is 8.18. The number of nitrogens with zero attached hydrogens (tertiary/aromatic N) is 2. The Morgan fingerprint density at radius 3 is 2.67 bits per heavy atom. The van der Waals surface area contributed by atoms with Crippen LogP contribution in [0.15, 0.2) is 12.1 Å². The number of carbonyl (C=O) groups excluding carboxylic acids is 1. The Hall–Kier alpha value is -1.01. The molecule has 2 rings (SSSR count). The van der Waals surface area contributed by atoms with Gasteiger partial charge in [-0.25, -0.2) is 8.78 Å². The van der Waals surface area contributed by atoms with Crippen molar-refractivity contribution in [3.63, 3.8) is 0 Å². The number of alkyl halides is 1. The van der Waals surface area contributed by atoms with Crippen molar-refractivity contribution in [3.05, 3.63) is 34.9 Å². The summed E-state index contributed by atoms with van der Waals surface area (Å²) in [5.41, 5.74) is 0.248. The second-order valence-electron chi connectivity index (χ2n) is 5.26. The molecule has 0 bridgehead atoms. The van der Waals surface area contributed by atoms with Crippen LogP contribution in [-0.4, -0.2) is 53.8 Å². The summed E-state index contributed by atoms with van der Waals surface area (Å²) in [6.45, 7) is 5.35. The fourth-order valence-corrected chi connectivity index (χ4v) is 3.01. The smallest absolute Gasteiger partial charge is 0.256 e. The predicted molar refractivity (Wildman–Crippen MR) is 81.8 cm³/mol. The van der Waals surface area contributed by atoms with Crippen molar-refractivity contribution in [2.24, 2.45) is 0 Å². The molecule has 0 unspecified atom stereocenters. The first kappa shape index (κ1) is 16.4. The monoisotopic (exact) mass is 360 g/mol. The number of hydrogen-bond donors (Lipinski definition) is 0. The van der Waals surface area contributed by atoms with Crippen molar-refractivity contribution in [3.8, 4) is 0 Å². The van der Waals surface area contributed by atoms with Gasteiger partial charge in [0, 0.05) is 37.6 Å². The maximum Gasteiger partial charge on any atom is 0.256 e. The molecule has 1 fully saturated rings. The van der Waals surface area contributed by atoms with E-state index >= 15 is 0 Å². The van der Waals surface area contributed by atoms with Crippen molar-refractivity contribution in [1.82, 2.24) is 9.80 Å². The molecule has 1 saturated heterocycles. The van der Waals surface area contributed by atoms with Crippen LogP contribution in [0.3, 0.4) is 0 Å². The highest BCUT2D eigenvalue weighted by Crippen LogP contribution is 2.17. The van der Waals surface area contributed by atoms with Gasteiger partial charge in [-0.1, -0.05) is 15.9 Å². The Morgan fingerprint density at radius 1 is 1.19 bits per heavy atom. The molecule has 1 aromatic carbocycles. The molecule has 0 atom stereocenters. The summed E-state index contributed by atoms with van der Waals surface area (Å²) in [6, 6.07) is 2.09. The van der Waals surface area contributed by atoms with Crippen molar-refractivity contribution >= 4 is 21.8 Å². The third kappa shape index (κ3) is 4.01. The van der Waals surface area contributed by atoms with E-state index in [1.807, 2.05) is 0 Å². The van der Waals surface area contributed by atoms with E-state index in [4.69, 9.17) is 0 Å². The molecule has 0 spiro atoms. The summed E-state index contributed by atoms with van der Waals surface area (Å²) in [7, 11) is 0. The fourth-order valence-electron chi connectivity index (χ4n) is 2.51. The first-order valence-electron chi connectivity index (χ1n) is 7.06. The molecule has 116 valence electrons. The summed E-state index contributed by atoms with van der Waals surface area (Å²) < 4.78 is 27.1. The van der Waals surface area contributed by atoms with E-state index in [1.54, 1.807) is 4.90 Å². The Bertz CT molecular complexity index is 525. The minimum atomic E-state index is -0.787. The lowest BCUT2D eigenvalue weighted by Gasteiger charge is -2.22. The zero-order valence-electron chi connectivity index (χ0n) is 12.0. The summed E-state index contributed by atoms with van der Waals surface area (Å²) in [5, 5.41) is 0.896. The van der Waals surface area contributed by atoms with E-state index in [1.165, 1.54) is 13.0 Å². The lowest BCUT2D eigenvalue weighted by molar-refractivity contribution is 0.0757. The van der Waals surface area contributed by atoms with Gasteiger partial charge in [-0.3, -0.25) is 4.79 Å². The quantitative estimate of drug-likeness (QED) is 0.773. The highest BCUT2D eigenvalue weighted by atomic mass is 79.9. The number of aryl methyl sites for hydroxylation is 1. The zero-order valence-corrected chi connectivity index (χ0v) is 13.6. The molecule has 1 amide bonds. The van der Waals surface area contributed by atoms with E-state index < -0.39 is 11.6 Å². The van der Waals surface area contributed by atoms with Gasteiger partial charge >= 0.3 is 0 Å². The number of halogens is 3. The summed E-state index contributed by atoms with van der Waals surface area (Å²) in [4.78, 5) is 16.4. The number of benzene rings is 1. The summed E-state index contributed by atoms with van der Waals surface area (Å²) in [6.07, 6.45) is 0.862. The summed E-state index contributed by atoms with van der Waals surface area (Å²) >= 11 is 3.41. The molecule has 1 heterocycles. The van der Waals surface area contributed by atoms with Gasteiger partial charge in [0.1, 0.15) is 11.6 Å². The van der Waals surface area contributed by atoms with E-state index in [0.717, 1.165) is 37.5 Å². The second kappa shape index (κ2) is 7.31. The molecule has 21 heavy (non-hydrogen) atoms. The third-order valence-corrected chi connectivity index (χ3v) is 4.11. The Morgan fingerprint density at radius 2 is 1.95 bits per heavy atom. The van der Waals surface area contributed by atoms with Gasteiger partial charge < -0.3 is 9.80 Å². The van der Waals surface area contributed by atoms with E-state index in [-0.39, 0.29) is 17.0 Å². The maximum atomic E-state index is 13.8. The number of rotatable bonds is 3. The third-order valence-electron chi connectivity index (χ3n) is 3.76. The maximum absolute atomic E-state index is 13.8. The van der Waals surface area contributed by atoms with Crippen LogP contribution in [0, 0.1) is 18.6 Å². The molecule has 1 aliphatic rings. The molecule has 1 aliphatic heterocycles. The van der Waals surface area contributed by atoms with Crippen molar-refractivity contribution in [1.29, 1.82) is 0 Å². The average Bonchev–Trinajstić information content (AvgIpc) is 2.68. The van der Waals surface area contributed by atoms with Gasteiger partial charge in [-0.05, 0) is 31.5 Å². The SMILES string of the molecule is Cc1cc(C(=O)N2CCCN(CCBr)CC2)c(F)cc1F. The molecular weight excluding hydrogens is 342 g/mol. The second-order valence-corrected chi connectivity index (χ2v) is 6.05. The van der Waals surface area contributed by atoms with Crippen LogP contribution >= 0.6 is 15.9 Å². The first-order chi connectivity index (χ1) is 10.0. The minimum Gasteiger partial charge on any atom is -0.337 e. The highest BCUT2D eigenvalue weighted by molar-refractivity contribution is 9.09. The van der Waals surface area contributed by atoms with Crippen LogP contribution in [0.2, 0.25) is 0 Å². The average molecular weight is 361 g/mol. The van der Waals surface area contributed by atoms with Crippen molar-refractivity contribution in [2.75, 3.05) is 38.1 Å². The van der Waals surface area contributed by atoms with Crippen LogP contribution in [0.4, 0.5) is 8.78 Å². The van der Waals surface area contributed by atoms with Gasteiger partial charge in [0.2, 0.25) is 0 Å². The molecule has 6 heteroatoms. The van der Waals surface area contributed by atoms with Gasteiger partial charge in [0.15, 0.2) is 0 Å². The number of hydrogen-bond acceptors (Lipinski definition) is 2. The Kier molecular flexibility index (Phi) is 5.70. The van der Waals surface area contributed by atoms with E-state index in [2.05, 4.69) is 20.8 Å². The molecule has 0 saturated carbocycles. The highest BCUT2D eigenvalue weighted by Gasteiger charge is 2.23. The molecule has 0 radical (unpaired) electrons. The Balaban J connectivity index is 2.11. The van der Waals surface area contributed by atoms with Crippen LogP contribution in [-0.2, 0) is 0 Å². The van der Waals surface area contributed by atoms with Crippen LogP contribution in [0.25, 0.3) is 0 Å². The summed E-state index contributed by atoms with van der Waals surface area (Å²) in [5.74, 6) is -1.76. The lowest BCUT2D eigenvalue weighted by Crippen LogP contribution is -2.36. The molecular formula is C15H19BrF2N2O. The largest absolute Gasteiger partial charge is 0.337 e. The van der Waals surface area contributed by atoms with Crippen LogP contribution in [0.5, 0.6) is 0 Å². The van der Waals surface area contributed by atoms with Crippen molar-refractivity contribution < 1.29 is 13.6 Å². The minimum absolute atomic E-state index is 0.0390. The topological polar surface area (TPSA) is 23.6 Å². The van der Waals surface area contributed by atoms with Gasteiger partial charge in [-0.15, -0.1) is 0 Å². The number of amides is 1. The molecule has 3 nitrogen and oxygen atoms in total. The lowest BCUT2D eigenvalue weighted by atomic mass is 10.1. The van der Waals surface area contributed by atoms with Gasteiger partial charge in [-0.2, -0.15) is 0 Å². The van der Waals surface area contributed by atoms with Crippen LogP contribution < -0.4 is 0 Å². The molecule has 1 aromatic rings. The molecule has 0 N–H and O–H groups in total. The Labute approximate surface area is 132 Å². The van der Waals surface area contributed by atoms with Gasteiger partial charge in [0.05, 0.1) is 5.56 Å². The zero-order chi connectivity index (χ0) is 15.4. The number of carbonyl (C=O) groups is 1. The standard InChI is InChI=1S/C15H19BrF2N2O/c1-11-9-12(14(18)10-13(11)17)15(21)20-5-2-4-19(6-3-16)7-8-20/h9-10H,2-8H2,1H3. The van der Waals surface area contributed by atoms with E-state index in [0.29, 0.717) is 13.1 Å². The van der Waals surface area contributed by atoms with Crippen molar-refractivity contribution in [2.45, 2.75) is 13.3 Å².